The van der Waals surface area contributed by atoms with Gasteiger partial charge < -0.3 is 25.0 Å². The molecular weight excluding hydrogens is 538 g/mol. The predicted octanol–water partition coefficient (Wildman–Crippen LogP) is 2.64. The van der Waals surface area contributed by atoms with Crippen LogP contribution in [-0.2, 0) is 14.9 Å². The Morgan fingerprint density at radius 3 is 2.81 bits per heavy atom. The molecule has 3 heterocycles. The third-order valence-electron chi connectivity index (χ3n) is 6.78. The van der Waals surface area contributed by atoms with Crippen molar-refractivity contribution in [3.63, 3.8) is 0 Å². The molecule has 0 aliphatic carbocycles. The number of hydrogen-bond donors (Lipinski definition) is 3. The Hall–Kier alpha value is -2.54. The molecule has 0 bridgehead atoms. The average Bonchev–Trinajstić information content (AvgIpc) is 3.42. The van der Waals surface area contributed by atoms with Gasteiger partial charge in [0.15, 0.2) is 5.11 Å². The van der Waals surface area contributed by atoms with E-state index in [2.05, 4.69) is 10.6 Å². The van der Waals surface area contributed by atoms with Crippen molar-refractivity contribution >= 4 is 64.4 Å². The van der Waals surface area contributed by atoms with Crippen molar-refractivity contribution < 1.29 is 24.2 Å². The van der Waals surface area contributed by atoms with Crippen molar-refractivity contribution in [1.82, 2.24) is 20.4 Å². The zero-order valence-corrected chi connectivity index (χ0v) is 22.8. The standard InChI is InChI=1S/C24H30ClN5O5S2/c1-35-23(34)28-8-6-24(14-28)15-30(19-5-4-16(25)11-18(19)24)22(33)27-21(36)26-7-10-37-9-2-3-20(32)29-12-17(31)13-29/h4-5,7,10-11,17,31H,2-3,6,8-9,12-15H2,1H3,(H2,26,27,33,36)/b10-7+. The smallest absolute Gasteiger partial charge is 0.409 e. The lowest BCUT2D eigenvalue weighted by Crippen LogP contribution is -2.53. The molecule has 4 rings (SSSR count). The number of methoxy groups -OCH3 is 1. The molecule has 0 radical (unpaired) electrons. The number of carbonyl (C=O) groups excluding carboxylic acids is 3. The first-order valence-corrected chi connectivity index (χ1v) is 13.8. The van der Waals surface area contributed by atoms with E-state index in [0.29, 0.717) is 50.6 Å². The number of β-amino-alcohol motifs (C(OH)–C–C–N with tert-alkyl or cyclic N) is 1. The summed E-state index contributed by atoms with van der Waals surface area (Å²) in [5.41, 5.74) is 1.25. The Bertz CT molecular complexity index is 1100. The maximum Gasteiger partial charge on any atom is 0.409 e. The second-order valence-corrected chi connectivity index (χ2v) is 11.2. The third-order valence-corrected chi connectivity index (χ3v) is 8.09. The Morgan fingerprint density at radius 2 is 2.08 bits per heavy atom. The molecule has 0 aromatic heterocycles. The van der Waals surface area contributed by atoms with Gasteiger partial charge in [0.1, 0.15) is 0 Å². The Labute approximate surface area is 230 Å². The molecule has 3 aliphatic rings. The lowest BCUT2D eigenvalue weighted by molar-refractivity contribution is -0.141. The molecule has 1 aromatic rings. The average molecular weight is 568 g/mol. The van der Waals surface area contributed by atoms with Crippen LogP contribution in [0.25, 0.3) is 0 Å². The number of ether oxygens (including phenoxy) is 1. The summed E-state index contributed by atoms with van der Waals surface area (Å²) in [6.07, 6.45) is 2.75. The van der Waals surface area contributed by atoms with Crippen LogP contribution in [0.15, 0.2) is 29.8 Å². The first-order valence-electron chi connectivity index (χ1n) is 12.0. The van der Waals surface area contributed by atoms with E-state index in [1.807, 2.05) is 17.5 Å². The minimum absolute atomic E-state index is 0.0695. The number of amides is 4. The summed E-state index contributed by atoms with van der Waals surface area (Å²) in [5, 5.41) is 17.4. The second kappa shape index (κ2) is 11.9. The molecule has 1 aromatic carbocycles. The lowest BCUT2D eigenvalue weighted by atomic mass is 9.81. The molecule has 37 heavy (non-hydrogen) atoms. The van der Waals surface area contributed by atoms with E-state index >= 15 is 0 Å². The van der Waals surface area contributed by atoms with Crippen LogP contribution in [0.2, 0.25) is 5.02 Å². The molecule has 13 heteroatoms. The van der Waals surface area contributed by atoms with Crippen molar-refractivity contribution in [1.29, 1.82) is 0 Å². The Morgan fingerprint density at radius 1 is 1.30 bits per heavy atom. The molecule has 2 fully saturated rings. The number of benzene rings is 1. The fourth-order valence-electron chi connectivity index (χ4n) is 4.88. The summed E-state index contributed by atoms with van der Waals surface area (Å²) in [6.45, 7) is 2.23. The zero-order valence-electron chi connectivity index (χ0n) is 20.4. The van der Waals surface area contributed by atoms with Crippen LogP contribution in [-0.4, -0.2) is 89.7 Å². The molecule has 1 unspecified atom stereocenters. The van der Waals surface area contributed by atoms with Crippen LogP contribution >= 0.6 is 35.6 Å². The molecule has 1 atom stereocenters. The van der Waals surface area contributed by atoms with E-state index in [0.717, 1.165) is 23.4 Å². The van der Waals surface area contributed by atoms with E-state index < -0.39 is 5.41 Å². The number of thiocarbonyl (C=S) groups is 1. The van der Waals surface area contributed by atoms with Crippen molar-refractivity contribution in [2.45, 2.75) is 30.8 Å². The molecule has 1 spiro atoms. The number of urea groups is 1. The van der Waals surface area contributed by atoms with Gasteiger partial charge >= 0.3 is 12.1 Å². The Balaban J connectivity index is 1.25. The van der Waals surface area contributed by atoms with Gasteiger partial charge in [-0.1, -0.05) is 11.6 Å². The van der Waals surface area contributed by atoms with Crippen LogP contribution in [0.1, 0.15) is 24.8 Å². The van der Waals surface area contributed by atoms with Crippen molar-refractivity contribution in [3.05, 3.63) is 40.4 Å². The normalized spacial score (nSPS) is 20.8. The van der Waals surface area contributed by atoms with Gasteiger partial charge in [0.2, 0.25) is 5.91 Å². The molecule has 3 N–H and O–H groups in total. The summed E-state index contributed by atoms with van der Waals surface area (Å²) >= 11 is 13.1. The maximum absolute atomic E-state index is 13.1. The highest BCUT2D eigenvalue weighted by atomic mass is 35.5. The molecular formula is C24H30ClN5O5S2. The number of nitrogens with zero attached hydrogens (tertiary/aromatic N) is 3. The van der Waals surface area contributed by atoms with Crippen LogP contribution < -0.4 is 15.5 Å². The predicted molar refractivity (Wildman–Crippen MR) is 147 cm³/mol. The summed E-state index contributed by atoms with van der Waals surface area (Å²) in [5.74, 6) is 0.831. The highest BCUT2D eigenvalue weighted by molar-refractivity contribution is 8.02. The number of likely N-dealkylation sites (tertiary alicyclic amines) is 2. The highest BCUT2D eigenvalue weighted by Gasteiger charge is 2.50. The summed E-state index contributed by atoms with van der Waals surface area (Å²) < 4.78 is 4.88. The van der Waals surface area contributed by atoms with Crippen LogP contribution in [0.4, 0.5) is 15.3 Å². The van der Waals surface area contributed by atoms with Crippen molar-refractivity contribution in [3.8, 4) is 0 Å². The monoisotopic (exact) mass is 567 g/mol. The van der Waals surface area contributed by atoms with E-state index in [9.17, 15) is 19.5 Å². The number of anilines is 1. The van der Waals surface area contributed by atoms with E-state index in [-0.39, 0.29) is 29.2 Å². The highest BCUT2D eigenvalue weighted by Crippen LogP contribution is 2.47. The molecule has 2 saturated heterocycles. The second-order valence-electron chi connectivity index (χ2n) is 9.30. The number of nitrogens with one attached hydrogen (secondary N) is 2. The number of carbonyl (C=O) groups is 3. The minimum Gasteiger partial charge on any atom is -0.453 e. The van der Waals surface area contributed by atoms with Crippen LogP contribution in [0, 0.1) is 0 Å². The maximum atomic E-state index is 13.1. The molecule has 4 amide bonds. The van der Waals surface area contributed by atoms with E-state index in [1.165, 1.54) is 18.9 Å². The number of aliphatic hydroxyl groups is 1. The topological polar surface area (TPSA) is 114 Å². The number of thioether (sulfide) groups is 1. The van der Waals surface area contributed by atoms with Gasteiger partial charge in [0, 0.05) is 61.5 Å². The van der Waals surface area contributed by atoms with E-state index in [4.69, 9.17) is 28.6 Å². The fraction of sp³-hybridized carbons (Fsp3) is 0.500. The van der Waals surface area contributed by atoms with Gasteiger partial charge in [-0.2, -0.15) is 0 Å². The zero-order chi connectivity index (χ0) is 26.6. The van der Waals surface area contributed by atoms with Gasteiger partial charge in [-0.15, -0.1) is 11.8 Å². The van der Waals surface area contributed by atoms with Crippen LogP contribution in [0.3, 0.4) is 0 Å². The SMILES string of the molecule is COC(=O)N1CCC2(C1)CN(C(=O)NC(=S)N/C=C/SCCCC(=O)N1CC(O)C1)c1ccc(Cl)cc12. The third kappa shape index (κ3) is 6.31. The lowest BCUT2D eigenvalue weighted by Gasteiger charge is -2.35. The van der Waals surface area contributed by atoms with Crippen molar-refractivity contribution in [2.75, 3.05) is 50.5 Å². The number of rotatable bonds is 6. The number of hydrogen-bond acceptors (Lipinski definition) is 7. The van der Waals surface area contributed by atoms with Crippen molar-refractivity contribution in [2.24, 2.45) is 0 Å². The minimum atomic E-state index is -0.422. The Kier molecular flexibility index (Phi) is 8.83. The largest absolute Gasteiger partial charge is 0.453 e. The molecule has 3 aliphatic heterocycles. The molecule has 10 nitrogen and oxygen atoms in total. The number of fused-ring (bicyclic) bond motifs is 2. The first-order chi connectivity index (χ1) is 17.7. The first kappa shape index (κ1) is 27.5. The summed E-state index contributed by atoms with van der Waals surface area (Å²) in [6, 6.07) is 5.05. The van der Waals surface area contributed by atoms with Gasteiger partial charge in [-0.3, -0.25) is 15.0 Å². The molecule has 0 saturated carbocycles. The quantitative estimate of drug-likeness (QED) is 0.355. The van der Waals surface area contributed by atoms with Gasteiger partial charge in [0.25, 0.3) is 0 Å². The molecule has 200 valence electrons. The van der Waals surface area contributed by atoms with Gasteiger partial charge in [-0.05, 0) is 60.0 Å². The van der Waals surface area contributed by atoms with Crippen LogP contribution in [0.5, 0.6) is 0 Å². The van der Waals surface area contributed by atoms with Gasteiger partial charge in [-0.25, -0.2) is 9.59 Å². The number of halogens is 1. The summed E-state index contributed by atoms with van der Waals surface area (Å²) in [7, 11) is 1.36. The fourth-order valence-corrected chi connectivity index (χ4v) is 5.82. The number of aliphatic hydroxyl groups excluding tert-OH is 1. The van der Waals surface area contributed by atoms with Gasteiger partial charge in [0.05, 0.1) is 13.2 Å². The summed E-state index contributed by atoms with van der Waals surface area (Å²) in [4.78, 5) is 42.0. The van der Waals surface area contributed by atoms with E-state index in [1.54, 1.807) is 27.0 Å².